The quantitative estimate of drug-likeness (QED) is 0.751. The van der Waals surface area contributed by atoms with Crippen molar-refractivity contribution >= 4 is 17.8 Å². The molecule has 0 radical (unpaired) electrons. The first-order valence-corrected chi connectivity index (χ1v) is 10.4. The average Bonchev–Trinajstić information content (AvgIpc) is 3.04. The lowest BCUT2D eigenvalue weighted by Gasteiger charge is -2.37. The fraction of sp³-hybridized carbons (Fsp3) is 0.667. The van der Waals surface area contributed by atoms with E-state index in [0.29, 0.717) is 37.3 Å². The average molecular weight is 403 g/mol. The van der Waals surface area contributed by atoms with Gasteiger partial charge in [0, 0.05) is 45.3 Å². The van der Waals surface area contributed by atoms with Gasteiger partial charge >= 0.3 is 11.9 Å². The minimum Gasteiger partial charge on any atom is -0.465 e. The molecule has 1 aromatic rings. The number of piperidine rings is 2. The van der Waals surface area contributed by atoms with Crippen LogP contribution in [0.25, 0.3) is 0 Å². The Labute approximate surface area is 170 Å². The molecule has 0 amide bonds. The molecule has 4 rings (SSSR count). The van der Waals surface area contributed by atoms with E-state index in [-0.39, 0.29) is 18.2 Å². The van der Waals surface area contributed by atoms with E-state index in [4.69, 9.17) is 9.47 Å². The summed E-state index contributed by atoms with van der Waals surface area (Å²) in [5.41, 5.74) is 0.0153. The van der Waals surface area contributed by atoms with Gasteiger partial charge in [-0.25, -0.2) is 9.78 Å². The van der Waals surface area contributed by atoms with E-state index < -0.39 is 11.4 Å². The normalized spacial score (nSPS) is 25.2. The molecule has 0 aromatic carbocycles. The number of hydrogen-bond donors (Lipinski definition) is 1. The molecular formula is C21H29N3O5. The first-order chi connectivity index (χ1) is 14.0. The van der Waals surface area contributed by atoms with Gasteiger partial charge in [0.2, 0.25) is 0 Å². The van der Waals surface area contributed by atoms with E-state index in [1.165, 1.54) is 7.11 Å². The SMILES string of the molecule is COC(=O)c1cccnc1N1CCC2(CC1)CC(CN1CCC(O)CC1)OC2=O. The summed E-state index contributed by atoms with van der Waals surface area (Å²) in [5, 5.41) is 9.67. The number of rotatable bonds is 4. The van der Waals surface area contributed by atoms with Gasteiger partial charge in [0.15, 0.2) is 0 Å². The van der Waals surface area contributed by atoms with Crippen molar-refractivity contribution in [2.45, 2.75) is 44.3 Å². The molecule has 8 heteroatoms. The summed E-state index contributed by atoms with van der Waals surface area (Å²) >= 11 is 0. The smallest absolute Gasteiger partial charge is 0.341 e. The number of aliphatic hydroxyl groups excluding tert-OH is 1. The number of methoxy groups -OCH3 is 1. The molecule has 29 heavy (non-hydrogen) atoms. The molecule has 1 unspecified atom stereocenters. The summed E-state index contributed by atoms with van der Waals surface area (Å²) in [6.45, 7) is 3.76. The molecule has 3 saturated heterocycles. The largest absolute Gasteiger partial charge is 0.465 e. The van der Waals surface area contributed by atoms with Crippen LogP contribution in [-0.2, 0) is 14.3 Å². The van der Waals surface area contributed by atoms with Gasteiger partial charge in [0.05, 0.1) is 18.6 Å². The molecule has 0 aliphatic carbocycles. The van der Waals surface area contributed by atoms with Crippen molar-refractivity contribution in [2.24, 2.45) is 5.41 Å². The van der Waals surface area contributed by atoms with Crippen LogP contribution in [0.3, 0.4) is 0 Å². The zero-order valence-electron chi connectivity index (χ0n) is 16.9. The Morgan fingerprint density at radius 1 is 1.31 bits per heavy atom. The molecule has 4 heterocycles. The zero-order valence-corrected chi connectivity index (χ0v) is 16.9. The van der Waals surface area contributed by atoms with Crippen LogP contribution in [0.15, 0.2) is 18.3 Å². The third-order valence-electron chi connectivity index (χ3n) is 6.56. The van der Waals surface area contributed by atoms with Crippen LogP contribution in [0.2, 0.25) is 0 Å². The summed E-state index contributed by atoms with van der Waals surface area (Å²) in [5.74, 6) is 0.123. The van der Waals surface area contributed by atoms with Crippen LogP contribution in [0.4, 0.5) is 5.82 Å². The summed E-state index contributed by atoms with van der Waals surface area (Å²) in [6, 6.07) is 3.44. The van der Waals surface area contributed by atoms with Crippen LogP contribution >= 0.6 is 0 Å². The van der Waals surface area contributed by atoms with Crippen LogP contribution in [0, 0.1) is 5.41 Å². The first kappa shape index (κ1) is 20.1. The number of anilines is 1. The third kappa shape index (κ3) is 4.09. The van der Waals surface area contributed by atoms with E-state index in [2.05, 4.69) is 14.8 Å². The molecule has 1 aromatic heterocycles. The maximum atomic E-state index is 12.7. The number of esters is 2. The van der Waals surface area contributed by atoms with Crippen molar-refractivity contribution in [1.29, 1.82) is 0 Å². The topological polar surface area (TPSA) is 92.2 Å². The first-order valence-electron chi connectivity index (χ1n) is 10.4. The Morgan fingerprint density at radius 2 is 2.03 bits per heavy atom. The fourth-order valence-electron chi connectivity index (χ4n) is 4.80. The molecule has 8 nitrogen and oxygen atoms in total. The minimum atomic E-state index is -0.434. The third-order valence-corrected chi connectivity index (χ3v) is 6.56. The van der Waals surface area contributed by atoms with Crippen molar-refractivity contribution < 1.29 is 24.2 Å². The van der Waals surface area contributed by atoms with Crippen LogP contribution in [0.5, 0.6) is 0 Å². The number of pyridine rings is 1. The summed E-state index contributed by atoms with van der Waals surface area (Å²) in [6.07, 6.45) is 5.09. The van der Waals surface area contributed by atoms with Gasteiger partial charge in [-0.1, -0.05) is 0 Å². The second-order valence-corrected chi connectivity index (χ2v) is 8.40. The Hall–Kier alpha value is -2.19. The molecule has 3 aliphatic rings. The van der Waals surface area contributed by atoms with Gasteiger partial charge in [-0.15, -0.1) is 0 Å². The molecule has 0 bridgehead atoms. The van der Waals surface area contributed by atoms with Gasteiger partial charge < -0.3 is 19.5 Å². The molecule has 3 aliphatic heterocycles. The highest BCUT2D eigenvalue weighted by Crippen LogP contribution is 2.44. The van der Waals surface area contributed by atoms with E-state index >= 15 is 0 Å². The Kier molecular flexibility index (Phi) is 5.74. The van der Waals surface area contributed by atoms with Crippen molar-refractivity contribution in [3.63, 3.8) is 0 Å². The molecule has 1 spiro atoms. The number of hydrogen-bond acceptors (Lipinski definition) is 8. The highest BCUT2D eigenvalue weighted by molar-refractivity contribution is 5.94. The monoisotopic (exact) mass is 403 g/mol. The Balaban J connectivity index is 1.38. The van der Waals surface area contributed by atoms with Crippen molar-refractivity contribution in [3.05, 3.63) is 23.9 Å². The second kappa shape index (κ2) is 8.28. The van der Waals surface area contributed by atoms with E-state index in [9.17, 15) is 14.7 Å². The number of cyclic esters (lactones) is 1. The van der Waals surface area contributed by atoms with Crippen LogP contribution in [0.1, 0.15) is 42.5 Å². The summed E-state index contributed by atoms with van der Waals surface area (Å²) < 4.78 is 10.6. The van der Waals surface area contributed by atoms with Crippen LogP contribution < -0.4 is 4.90 Å². The molecule has 0 saturated carbocycles. The second-order valence-electron chi connectivity index (χ2n) is 8.40. The lowest BCUT2D eigenvalue weighted by Crippen LogP contribution is -2.43. The summed E-state index contributed by atoms with van der Waals surface area (Å²) in [7, 11) is 1.36. The van der Waals surface area contributed by atoms with Gasteiger partial charge in [-0.05, 0) is 37.8 Å². The highest BCUT2D eigenvalue weighted by atomic mass is 16.6. The number of nitrogens with zero attached hydrogens (tertiary/aromatic N) is 3. The number of ether oxygens (including phenoxy) is 2. The fourth-order valence-corrected chi connectivity index (χ4v) is 4.80. The van der Waals surface area contributed by atoms with Gasteiger partial charge in [0.1, 0.15) is 17.5 Å². The highest BCUT2D eigenvalue weighted by Gasteiger charge is 2.51. The number of likely N-dealkylation sites (tertiary alicyclic amines) is 1. The van der Waals surface area contributed by atoms with Crippen molar-refractivity contribution in [1.82, 2.24) is 9.88 Å². The minimum absolute atomic E-state index is 0.0789. The number of aliphatic hydroxyl groups is 1. The predicted molar refractivity (Wildman–Crippen MR) is 106 cm³/mol. The Morgan fingerprint density at radius 3 is 2.72 bits per heavy atom. The van der Waals surface area contributed by atoms with Gasteiger partial charge in [-0.2, -0.15) is 0 Å². The van der Waals surface area contributed by atoms with Gasteiger partial charge in [-0.3, -0.25) is 9.69 Å². The van der Waals surface area contributed by atoms with E-state index in [1.54, 1.807) is 18.3 Å². The molecule has 158 valence electrons. The lowest BCUT2D eigenvalue weighted by atomic mass is 9.76. The number of carbonyl (C=O) groups is 2. The zero-order chi connectivity index (χ0) is 20.4. The maximum absolute atomic E-state index is 12.7. The lowest BCUT2D eigenvalue weighted by molar-refractivity contribution is -0.150. The molecule has 3 fully saturated rings. The van der Waals surface area contributed by atoms with Crippen LogP contribution in [-0.4, -0.2) is 79.0 Å². The maximum Gasteiger partial charge on any atom is 0.341 e. The number of aromatic nitrogens is 1. The van der Waals surface area contributed by atoms with E-state index in [1.807, 2.05) is 0 Å². The summed E-state index contributed by atoms with van der Waals surface area (Å²) in [4.78, 5) is 33.5. The molecule has 1 N–H and O–H groups in total. The van der Waals surface area contributed by atoms with Crippen molar-refractivity contribution in [2.75, 3.05) is 44.7 Å². The molecular weight excluding hydrogens is 374 g/mol. The van der Waals surface area contributed by atoms with Gasteiger partial charge in [0.25, 0.3) is 0 Å². The van der Waals surface area contributed by atoms with Crippen molar-refractivity contribution in [3.8, 4) is 0 Å². The standard InChI is InChI=1S/C21H29N3O5/c1-28-19(26)17-3-2-8-22-18(17)24-11-6-21(7-12-24)13-16(29-20(21)27)14-23-9-4-15(25)5-10-23/h2-3,8,15-16,25H,4-7,9-14H2,1H3. The molecule has 1 atom stereocenters. The number of carbonyl (C=O) groups excluding carboxylic acids is 2. The predicted octanol–water partition coefficient (Wildman–Crippen LogP) is 1.23. The van der Waals surface area contributed by atoms with E-state index in [0.717, 1.165) is 38.9 Å². The Bertz CT molecular complexity index is 754.